The Morgan fingerprint density at radius 2 is 2.40 bits per heavy atom. The molecule has 0 saturated carbocycles. The van der Waals surface area contributed by atoms with Gasteiger partial charge in [0.2, 0.25) is 5.88 Å². The highest BCUT2D eigenvalue weighted by Gasteiger charge is 2.24. The van der Waals surface area contributed by atoms with Crippen molar-refractivity contribution in [1.82, 2.24) is 15.0 Å². The standard InChI is InChI=1S/C14H18N4OS/c1-2-19-13-9-15-8-12(17-13)18-6-3-4-11(10-18)14-16-5-7-20-14/h5,7-9,11H,2-4,6,10H2,1H3/t11-/m1/s1. The molecule has 0 radical (unpaired) electrons. The van der Waals surface area contributed by atoms with Gasteiger partial charge in [-0.05, 0) is 19.8 Å². The second-order valence-electron chi connectivity index (χ2n) is 4.80. The molecular formula is C14H18N4OS. The fourth-order valence-electron chi connectivity index (χ4n) is 2.53. The first kappa shape index (κ1) is 13.3. The Kier molecular flexibility index (Phi) is 4.11. The molecule has 0 spiro atoms. The third-order valence-electron chi connectivity index (χ3n) is 3.44. The van der Waals surface area contributed by atoms with Crippen molar-refractivity contribution < 1.29 is 4.74 Å². The molecule has 1 aliphatic heterocycles. The van der Waals surface area contributed by atoms with Crippen LogP contribution in [0.1, 0.15) is 30.7 Å². The molecule has 0 aliphatic carbocycles. The van der Waals surface area contributed by atoms with Crippen LogP contribution in [0.2, 0.25) is 0 Å². The summed E-state index contributed by atoms with van der Waals surface area (Å²) in [5.41, 5.74) is 0. The first-order valence-corrected chi connectivity index (χ1v) is 7.84. The lowest BCUT2D eigenvalue weighted by Gasteiger charge is -2.32. The minimum atomic E-state index is 0.501. The fraction of sp³-hybridized carbons (Fsp3) is 0.500. The van der Waals surface area contributed by atoms with Crippen LogP contribution in [-0.4, -0.2) is 34.6 Å². The van der Waals surface area contributed by atoms with Crippen LogP contribution < -0.4 is 9.64 Å². The lowest BCUT2D eigenvalue weighted by atomic mass is 9.99. The van der Waals surface area contributed by atoms with Gasteiger partial charge in [-0.2, -0.15) is 4.98 Å². The van der Waals surface area contributed by atoms with Gasteiger partial charge in [-0.15, -0.1) is 11.3 Å². The van der Waals surface area contributed by atoms with Gasteiger partial charge in [-0.3, -0.25) is 4.98 Å². The third kappa shape index (κ3) is 2.90. The van der Waals surface area contributed by atoms with Crippen molar-refractivity contribution in [2.75, 3.05) is 24.6 Å². The molecule has 1 fully saturated rings. The maximum atomic E-state index is 5.43. The molecule has 2 aromatic heterocycles. The van der Waals surface area contributed by atoms with Crippen LogP contribution in [0.25, 0.3) is 0 Å². The van der Waals surface area contributed by atoms with Crippen molar-refractivity contribution in [3.63, 3.8) is 0 Å². The Hall–Kier alpha value is -1.69. The van der Waals surface area contributed by atoms with E-state index in [4.69, 9.17) is 4.74 Å². The average Bonchev–Trinajstić information content (AvgIpc) is 3.02. The van der Waals surface area contributed by atoms with E-state index in [1.165, 1.54) is 11.4 Å². The zero-order valence-corrected chi connectivity index (χ0v) is 12.3. The van der Waals surface area contributed by atoms with Crippen molar-refractivity contribution in [1.29, 1.82) is 0 Å². The highest BCUT2D eigenvalue weighted by Crippen LogP contribution is 2.30. The molecule has 5 nitrogen and oxygen atoms in total. The predicted molar refractivity (Wildman–Crippen MR) is 79.5 cm³/mol. The molecule has 2 aromatic rings. The zero-order valence-electron chi connectivity index (χ0n) is 11.5. The molecule has 0 aromatic carbocycles. The van der Waals surface area contributed by atoms with Gasteiger partial charge in [-0.25, -0.2) is 4.98 Å². The molecule has 3 rings (SSSR count). The molecule has 0 unspecified atom stereocenters. The van der Waals surface area contributed by atoms with E-state index in [1.54, 1.807) is 17.5 Å². The minimum Gasteiger partial charge on any atom is -0.477 e. The number of aromatic nitrogens is 3. The predicted octanol–water partition coefficient (Wildman–Crippen LogP) is 2.72. The number of anilines is 1. The first-order valence-electron chi connectivity index (χ1n) is 6.96. The van der Waals surface area contributed by atoms with Crippen LogP contribution in [-0.2, 0) is 0 Å². The molecule has 1 atom stereocenters. The van der Waals surface area contributed by atoms with E-state index in [0.717, 1.165) is 25.3 Å². The Balaban J connectivity index is 1.74. The van der Waals surface area contributed by atoms with Crippen LogP contribution in [0.4, 0.5) is 5.82 Å². The van der Waals surface area contributed by atoms with E-state index in [1.807, 2.05) is 24.7 Å². The Bertz CT molecular complexity index is 546. The van der Waals surface area contributed by atoms with E-state index in [-0.39, 0.29) is 0 Å². The van der Waals surface area contributed by atoms with Gasteiger partial charge in [0.05, 0.1) is 24.0 Å². The summed E-state index contributed by atoms with van der Waals surface area (Å²) in [7, 11) is 0. The molecule has 106 valence electrons. The van der Waals surface area contributed by atoms with E-state index in [2.05, 4.69) is 19.9 Å². The quantitative estimate of drug-likeness (QED) is 0.866. The van der Waals surface area contributed by atoms with Crippen LogP contribution in [0.5, 0.6) is 5.88 Å². The van der Waals surface area contributed by atoms with Gasteiger partial charge in [0.15, 0.2) is 5.82 Å². The normalized spacial score (nSPS) is 19.1. The van der Waals surface area contributed by atoms with Crippen molar-refractivity contribution >= 4 is 17.2 Å². The van der Waals surface area contributed by atoms with Crippen molar-refractivity contribution in [2.45, 2.75) is 25.7 Å². The van der Waals surface area contributed by atoms with Crippen LogP contribution in [0.3, 0.4) is 0 Å². The maximum absolute atomic E-state index is 5.43. The largest absolute Gasteiger partial charge is 0.477 e. The molecule has 0 bridgehead atoms. The minimum absolute atomic E-state index is 0.501. The second-order valence-corrected chi connectivity index (χ2v) is 5.73. The number of ether oxygens (including phenoxy) is 1. The van der Waals surface area contributed by atoms with E-state index in [0.29, 0.717) is 18.4 Å². The summed E-state index contributed by atoms with van der Waals surface area (Å²) in [6, 6.07) is 0. The summed E-state index contributed by atoms with van der Waals surface area (Å²) in [5, 5.41) is 3.27. The smallest absolute Gasteiger partial charge is 0.234 e. The van der Waals surface area contributed by atoms with Gasteiger partial charge in [0.1, 0.15) is 0 Å². The highest BCUT2D eigenvalue weighted by atomic mass is 32.1. The van der Waals surface area contributed by atoms with E-state index >= 15 is 0 Å². The van der Waals surface area contributed by atoms with Gasteiger partial charge < -0.3 is 9.64 Å². The summed E-state index contributed by atoms with van der Waals surface area (Å²) in [6.45, 7) is 4.54. The summed E-state index contributed by atoms with van der Waals surface area (Å²) >= 11 is 1.74. The molecule has 0 N–H and O–H groups in total. The second kappa shape index (κ2) is 6.17. The van der Waals surface area contributed by atoms with Gasteiger partial charge in [0.25, 0.3) is 0 Å². The molecule has 20 heavy (non-hydrogen) atoms. The monoisotopic (exact) mass is 290 g/mol. The van der Waals surface area contributed by atoms with Gasteiger partial charge >= 0.3 is 0 Å². The fourth-order valence-corrected chi connectivity index (χ4v) is 3.30. The number of hydrogen-bond donors (Lipinski definition) is 0. The molecule has 1 saturated heterocycles. The highest BCUT2D eigenvalue weighted by molar-refractivity contribution is 7.09. The van der Waals surface area contributed by atoms with E-state index < -0.39 is 0 Å². The average molecular weight is 290 g/mol. The lowest BCUT2D eigenvalue weighted by molar-refractivity contribution is 0.325. The number of thiazole rings is 1. The molecule has 6 heteroatoms. The molecular weight excluding hydrogens is 272 g/mol. The SMILES string of the molecule is CCOc1cncc(N2CCC[C@@H](c3nccs3)C2)n1. The topological polar surface area (TPSA) is 51.1 Å². The van der Waals surface area contributed by atoms with Crippen LogP contribution in [0, 0.1) is 0 Å². The Morgan fingerprint density at radius 3 is 3.20 bits per heavy atom. The number of nitrogens with zero attached hydrogens (tertiary/aromatic N) is 4. The lowest BCUT2D eigenvalue weighted by Crippen LogP contribution is -2.35. The summed E-state index contributed by atoms with van der Waals surface area (Å²) < 4.78 is 5.43. The maximum Gasteiger partial charge on any atom is 0.234 e. The summed E-state index contributed by atoms with van der Waals surface area (Å²) in [5.74, 6) is 2.00. The third-order valence-corrected chi connectivity index (χ3v) is 4.38. The van der Waals surface area contributed by atoms with Gasteiger partial charge in [-0.1, -0.05) is 0 Å². The van der Waals surface area contributed by atoms with E-state index in [9.17, 15) is 0 Å². The number of hydrogen-bond acceptors (Lipinski definition) is 6. The van der Waals surface area contributed by atoms with Crippen molar-refractivity contribution in [3.8, 4) is 5.88 Å². The zero-order chi connectivity index (χ0) is 13.8. The van der Waals surface area contributed by atoms with Crippen LogP contribution >= 0.6 is 11.3 Å². The molecule has 0 amide bonds. The number of rotatable bonds is 4. The first-order chi connectivity index (χ1) is 9.86. The van der Waals surface area contributed by atoms with Crippen molar-refractivity contribution in [2.24, 2.45) is 0 Å². The number of piperidine rings is 1. The summed E-state index contributed by atoms with van der Waals surface area (Å²) in [6.07, 6.45) is 7.71. The van der Waals surface area contributed by atoms with Gasteiger partial charge in [0, 0.05) is 30.6 Å². The Morgan fingerprint density at radius 1 is 1.45 bits per heavy atom. The Labute approximate surface area is 122 Å². The molecule has 3 heterocycles. The molecule has 1 aliphatic rings. The summed E-state index contributed by atoms with van der Waals surface area (Å²) in [4.78, 5) is 15.5. The van der Waals surface area contributed by atoms with Crippen LogP contribution in [0.15, 0.2) is 24.0 Å². The van der Waals surface area contributed by atoms with Crippen molar-refractivity contribution in [3.05, 3.63) is 29.0 Å².